The fourth-order valence-corrected chi connectivity index (χ4v) is 3.94. The molecule has 0 saturated heterocycles. The van der Waals surface area contributed by atoms with Crippen LogP contribution in [0.1, 0.15) is 42.9 Å². The number of aromatic hydroxyl groups is 1. The lowest BCUT2D eigenvalue weighted by Crippen LogP contribution is -2.19. The number of aryl methyl sites for hydroxylation is 2. The Bertz CT molecular complexity index is 1240. The Hall–Kier alpha value is -3.37. The Balaban J connectivity index is 1.93. The van der Waals surface area contributed by atoms with E-state index >= 15 is 4.39 Å². The fraction of sp³-hybridized carbons (Fsp3) is 0.308. The van der Waals surface area contributed by atoms with Crippen LogP contribution < -0.4 is 4.74 Å². The third kappa shape index (κ3) is 6.69. The zero-order valence-corrected chi connectivity index (χ0v) is 19.4. The highest BCUT2D eigenvalue weighted by atomic mass is 19.4. The molecule has 0 radical (unpaired) electrons. The minimum atomic E-state index is -5.35. The summed E-state index contributed by atoms with van der Waals surface area (Å²) in [5.74, 6) is -11.3. The molecule has 0 amide bonds. The predicted molar refractivity (Wildman–Crippen MR) is 117 cm³/mol. The van der Waals surface area contributed by atoms with Crippen molar-refractivity contribution in [1.82, 2.24) is 0 Å². The lowest BCUT2D eigenvalue weighted by atomic mass is 9.94. The molecule has 0 fully saturated rings. The summed E-state index contributed by atoms with van der Waals surface area (Å²) in [5.41, 5.74) is -2.56. The molecule has 1 N–H and O–H groups in total. The van der Waals surface area contributed by atoms with Gasteiger partial charge in [0.15, 0.2) is 11.6 Å². The minimum Gasteiger partial charge on any atom is -0.507 e. The number of benzene rings is 3. The molecule has 0 spiro atoms. The summed E-state index contributed by atoms with van der Waals surface area (Å²) in [4.78, 5) is 0. The Morgan fingerprint density at radius 2 is 1.22 bits per heavy atom. The van der Waals surface area contributed by atoms with Crippen molar-refractivity contribution in [3.63, 3.8) is 0 Å². The van der Waals surface area contributed by atoms with E-state index in [9.17, 15) is 40.2 Å². The molecule has 2 nitrogen and oxygen atoms in total. The molecule has 0 unspecified atom stereocenters. The highest BCUT2D eigenvalue weighted by Crippen LogP contribution is 2.39. The number of unbranched alkanes of at least 4 members (excludes halogenated alkanes) is 2. The highest BCUT2D eigenvalue weighted by molar-refractivity contribution is 5.73. The van der Waals surface area contributed by atoms with E-state index in [4.69, 9.17) is 0 Å². The van der Waals surface area contributed by atoms with Gasteiger partial charge >= 0.3 is 6.36 Å². The van der Waals surface area contributed by atoms with Gasteiger partial charge in [-0.3, -0.25) is 0 Å². The van der Waals surface area contributed by atoms with Crippen LogP contribution in [0.4, 0.5) is 39.5 Å². The topological polar surface area (TPSA) is 29.5 Å². The Kier molecular flexibility index (Phi) is 8.65. The van der Waals surface area contributed by atoms with Gasteiger partial charge in [-0.05, 0) is 61.1 Å². The van der Waals surface area contributed by atoms with Crippen molar-refractivity contribution in [3.8, 4) is 22.6 Å². The molecule has 0 bridgehead atoms. The maximum absolute atomic E-state index is 15.3. The molecule has 0 aromatic heterocycles. The minimum absolute atomic E-state index is 0.272. The molecule has 0 heterocycles. The third-order valence-electron chi connectivity index (χ3n) is 5.65. The van der Waals surface area contributed by atoms with E-state index < -0.39 is 82.3 Å². The van der Waals surface area contributed by atoms with Crippen molar-refractivity contribution >= 4 is 0 Å². The van der Waals surface area contributed by atoms with E-state index in [1.165, 1.54) is 0 Å². The molecule has 0 aliphatic carbocycles. The van der Waals surface area contributed by atoms with Crippen LogP contribution in [0, 0.1) is 34.9 Å². The largest absolute Gasteiger partial charge is 0.573 e. The third-order valence-corrected chi connectivity index (χ3v) is 5.65. The second-order valence-corrected chi connectivity index (χ2v) is 8.37. The lowest BCUT2D eigenvalue weighted by molar-refractivity contribution is -0.276. The summed E-state index contributed by atoms with van der Waals surface area (Å²) >= 11 is 0. The SMILES string of the molecule is CCCCCc1cc(F)c(-c2c(O)cc(F)c(CCc3cc(F)c(OC(F)(F)F)c(F)c3)c2F)c(F)c1. The van der Waals surface area contributed by atoms with Gasteiger partial charge in [0.05, 0.1) is 11.1 Å². The number of halogens is 9. The van der Waals surface area contributed by atoms with E-state index in [0.29, 0.717) is 36.6 Å². The fourth-order valence-electron chi connectivity index (χ4n) is 3.94. The zero-order chi connectivity index (χ0) is 27.5. The Morgan fingerprint density at radius 3 is 1.76 bits per heavy atom. The molecule has 37 heavy (non-hydrogen) atoms. The number of alkyl halides is 3. The molecule has 0 saturated carbocycles. The van der Waals surface area contributed by atoms with Crippen molar-refractivity contribution in [1.29, 1.82) is 0 Å². The molecule has 3 rings (SSSR count). The van der Waals surface area contributed by atoms with Crippen LogP contribution in [-0.4, -0.2) is 11.5 Å². The van der Waals surface area contributed by atoms with Crippen LogP contribution in [0.2, 0.25) is 0 Å². The van der Waals surface area contributed by atoms with Crippen LogP contribution in [0.25, 0.3) is 11.1 Å². The number of hydrogen-bond donors (Lipinski definition) is 1. The Morgan fingerprint density at radius 1 is 0.676 bits per heavy atom. The molecule has 3 aromatic rings. The monoisotopic (exact) mass is 536 g/mol. The normalized spacial score (nSPS) is 11.7. The average Bonchev–Trinajstić information content (AvgIpc) is 2.77. The average molecular weight is 536 g/mol. The Labute approximate surface area is 206 Å². The first-order chi connectivity index (χ1) is 17.3. The molecule has 200 valence electrons. The zero-order valence-electron chi connectivity index (χ0n) is 19.4. The first kappa shape index (κ1) is 28.2. The summed E-state index contributed by atoms with van der Waals surface area (Å²) < 4.78 is 127. The van der Waals surface area contributed by atoms with Gasteiger partial charge in [-0.15, -0.1) is 13.2 Å². The highest BCUT2D eigenvalue weighted by Gasteiger charge is 2.34. The number of rotatable bonds is 9. The van der Waals surface area contributed by atoms with Gasteiger partial charge in [0.1, 0.15) is 29.0 Å². The van der Waals surface area contributed by atoms with Crippen LogP contribution in [0.5, 0.6) is 11.5 Å². The summed E-state index contributed by atoms with van der Waals surface area (Å²) in [7, 11) is 0. The summed E-state index contributed by atoms with van der Waals surface area (Å²) in [6.07, 6.45) is -3.69. The van der Waals surface area contributed by atoms with Gasteiger partial charge in [-0.1, -0.05) is 19.8 Å². The molecular formula is C26H21F9O2. The number of phenols is 1. The van der Waals surface area contributed by atoms with E-state index in [-0.39, 0.29) is 5.56 Å². The molecular weight excluding hydrogens is 515 g/mol. The molecule has 0 aliphatic heterocycles. The number of phenolic OH excluding ortho intramolecular Hbond substituents is 1. The van der Waals surface area contributed by atoms with Gasteiger partial charge in [0.25, 0.3) is 0 Å². The molecule has 3 aromatic carbocycles. The molecule has 0 atom stereocenters. The van der Waals surface area contributed by atoms with Crippen molar-refractivity contribution in [3.05, 3.63) is 81.9 Å². The van der Waals surface area contributed by atoms with Crippen LogP contribution in [0.3, 0.4) is 0 Å². The van der Waals surface area contributed by atoms with Crippen molar-refractivity contribution in [2.75, 3.05) is 0 Å². The number of hydrogen-bond acceptors (Lipinski definition) is 2. The second-order valence-electron chi connectivity index (χ2n) is 8.37. The van der Waals surface area contributed by atoms with E-state index in [0.717, 1.165) is 25.0 Å². The number of ether oxygens (including phenoxy) is 1. The van der Waals surface area contributed by atoms with E-state index in [2.05, 4.69) is 4.74 Å². The summed E-state index contributed by atoms with van der Waals surface area (Å²) in [5, 5.41) is 10.1. The standard InChI is InChI=1S/C26H21F9O2/c1-2-3-4-5-13-8-17(28)22(18(29)9-13)23-21(36)12-16(27)15(24(23)32)7-6-14-10-19(30)25(20(31)11-14)37-26(33,34)35/h8-12,36H,2-7H2,1H3. The first-order valence-electron chi connectivity index (χ1n) is 11.2. The van der Waals surface area contributed by atoms with Gasteiger partial charge in [0, 0.05) is 11.6 Å². The first-order valence-corrected chi connectivity index (χ1v) is 11.2. The van der Waals surface area contributed by atoms with Crippen LogP contribution in [-0.2, 0) is 19.3 Å². The van der Waals surface area contributed by atoms with Crippen molar-refractivity contribution in [2.45, 2.75) is 51.8 Å². The van der Waals surface area contributed by atoms with Crippen LogP contribution in [0.15, 0.2) is 30.3 Å². The smallest absolute Gasteiger partial charge is 0.507 e. The van der Waals surface area contributed by atoms with Gasteiger partial charge in [0.2, 0.25) is 5.75 Å². The lowest BCUT2D eigenvalue weighted by Gasteiger charge is -2.15. The maximum Gasteiger partial charge on any atom is 0.573 e. The quantitative estimate of drug-likeness (QED) is 0.220. The van der Waals surface area contributed by atoms with Gasteiger partial charge < -0.3 is 9.84 Å². The van der Waals surface area contributed by atoms with E-state index in [1.807, 2.05) is 6.92 Å². The molecule has 0 aliphatic rings. The van der Waals surface area contributed by atoms with Crippen molar-refractivity contribution < 1.29 is 49.4 Å². The van der Waals surface area contributed by atoms with Gasteiger partial charge in [-0.2, -0.15) is 0 Å². The summed E-state index contributed by atoms with van der Waals surface area (Å²) in [6, 6.07) is 3.43. The van der Waals surface area contributed by atoms with Gasteiger partial charge in [-0.25, -0.2) is 26.3 Å². The van der Waals surface area contributed by atoms with E-state index in [1.54, 1.807) is 0 Å². The predicted octanol–water partition coefficient (Wildman–Crippen LogP) is 8.31. The molecule has 11 heteroatoms. The second kappa shape index (κ2) is 11.4. The maximum atomic E-state index is 15.3. The summed E-state index contributed by atoms with van der Waals surface area (Å²) in [6.45, 7) is 1.95. The van der Waals surface area contributed by atoms with Crippen LogP contribution >= 0.6 is 0 Å². The van der Waals surface area contributed by atoms with Crippen molar-refractivity contribution in [2.24, 2.45) is 0 Å².